The fourth-order valence-corrected chi connectivity index (χ4v) is 5.25. The summed E-state index contributed by atoms with van der Waals surface area (Å²) >= 11 is 0. The Morgan fingerprint density at radius 2 is 1.59 bits per heavy atom. The monoisotopic (exact) mass is 530 g/mol. The second-order valence-electron chi connectivity index (χ2n) is 8.23. The highest BCUT2D eigenvalue weighted by atomic mass is 32.2. The summed E-state index contributed by atoms with van der Waals surface area (Å²) in [6.45, 7) is 0.339. The standard InChI is InChI=1S/C26H27FN2O7S/c1-28(16-18-4-10-22(33-2)24(14-18)34-3)26(30)17-29(20-7-5-19(27)6-8-20)37(31,32)21-9-11-23-25(15-21)36-13-12-35-23/h4-11,14-15H,12-13,16-17H2,1-3H3. The Kier molecular flexibility index (Phi) is 7.72. The van der Waals surface area contributed by atoms with Crippen molar-refractivity contribution in [1.82, 2.24) is 4.90 Å². The predicted octanol–water partition coefficient (Wildman–Crippen LogP) is 3.47. The number of benzene rings is 3. The fourth-order valence-electron chi connectivity index (χ4n) is 3.82. The van der Waals surface area contributed by atoms with Crippen LogP contribution in [0.2, 0.25) is 0 Å². The third-order valence-corrected chi connectivity index (χ3v) is 7.56. The molecule has 0 saturated heterocycles. The van der Waals surface area contributed by atoms with E-state index in [1.807, 2.05) is 0 Å². The highest BCUT2D eigenvalue weighted by Crippen LogP contribution is 2.34. The van der Waals surface area contributed by atoms with Gasteiger partial charge in [-0.3, -0.25) is 9.10 Å². The zero-order valence-electron chi connectivity index (χ0n) is 20.6. The Balaban J connectivity index is 1.61. The van der Waals surface area contributed by atoms with Crippen LogP contribution in [0.1, 0.15) is 5.56 Å². The number of sulfonamides is 1. The molecule has 3 aromatic rings. The molecule has 1 heterocycles. The van der Waals surface area contributed by atoms with E-state index in [2.05, 4.69) is 0 Å². The first-order valence-corrected chi connectivity index (χ1v) is 12.8. The van der Waals surface area contributed by atoms with Crippen molar-refractivity contribution in [1.29, 1.82) is 0 Å². The third-order valence-electron chi connectivity index (χ3n) is 5.79. The van der Waals surface area contributed by atoms with E-state index < -0.39 is 28.3 Å². The van der Waals surface area contributed by atoms with Crippen LogP contribution < -0.4 is 23.3 Å². The number of likely N-dealkylation sites (N-methyl/N-ethyl adjacent to an activating group) is 1. The van der Waals surface area contributed by atoms with Crippen molar-refractivity contribution in [3.63, 3.8) is 0 Å². The van der Waals surface area contributed by atoms with Crippen molar-refractivity contribution in [2.24, 2.45) is 0 Å². The van der Waals surface area contributed by atoms with E-state index >= 15 is 0 Å². The van der Waals surface area contributed by atoms with E-state index in [0.29, 0.717) is 29.6 Å². The Bertz CT molecular complexity index is 1380. The summed E-state index contributed by atoms with van der Waals surface area (Å²) in [4.78, 5) is 14.5. The molecule has 37 heavy (non-hydrogen) atoms. The van der Waals surface area contributed by atoms with Crippen molar-refractivity contribution in [3.05, 3.63) is 72.0 Å². The van der Waals surface area contributed by atoms with Crippen molar-refractivity contribution in [3.8, 4) is 23.0 Å². The first-order chi connectivity index (χ1) is 17.7. The maximum Gasteiger partial charge on any atom is 0.264 e. The number of carbonyl (C=O) groups is 1. The van der Waals surface area contributed by atoms with Crippen LogP contribution in [0.25, 0.3) is 0 Å². The largest absolute Gasteiger partial charge is 0.493 e. The number of halogens is 1. The molecular weight excluding hydrogens is 503 g/mol. The predicted molar refractivity (Wildman–Crippen MR) is 134 cm³/mol. The van der Waals surface area contributed by atoms with Gasteiger partial charge in [0.2, 0.25) is 5.91 Å². The molecule has 1 aliphatic heterocycles. The average Bonchev–Trinajstić information content (AvgIpc) is 2.91. The van der Waals surface area contributed by atoms with Crippen LogP contribution in [0.3, 0.4) is 0 Å². The lowest BCUT2D eigenvalue weighted by Crippen LogP contribution is -2.41. The molecule has 0 aliphatic carbocycles. The van der Waals surface area contributed by atoms with Crippen LogP contribution in [0.5, 0.6) is 23.0 Å². The van der Waals surface area contributed by atoms with Crippen LogP contribution in [0.4, 0.5) is 10.1 Å². The molecule has 9 nitrogen and oxygen atoms in total. The van der Waals surface area contributed by atoms with Crippen LogP contribution in [-0.4, -0.2) is 60.3 Å². The lowest BCUT2D eigenvalue weighted by molar-refractivity contribution is -0.128. The number of carbonyl (C=O) groups excluding carboxylic acids is 1. The van der Waals surface area contributed by atoms with Gasteiger partial charge in [-0.25, -0.2) is 12.8 Å². The maximum atomic E-state index is 13.7. The zero-order chi connectivity index (χ0) is 26.6. The van der Waals surface area contributed by atoms with Gasteiger partial charge < -0.3 is 23.8 Å². The number of fused-ring (bicyclic) bond motifs is 1. The number of amides is 1. The second kappa shape index (κ2) is 11.0. The molecule has 1 aliphatic rings. The zero-order valence-corrected chi connectivity index (χ0v) is 21.5. The Labute approximate surface area is 215 Å². The molecule has 0 N–H and O–H groups in total. The van der Waals surface area contributed by atoms with Gasteiger partial charge in [0.05, 0.1) is 24.8 Å². The first-order valence-electron chi connectivity index (χ1n) is 11.4. The second-order valence-corrected chi connectivity index (χ2v) is 10.1. The lowest BCUT2D eigenvalue weighted by Gasteiger charge is -2.27. The molecule has 0 bridgehead atoms. The minimum absolute atomic E-state index is 0.0866. The molecule has 0 spiro atoms. The molecule has 0 aromatic heterocycles. The molecule has 3 aromatic carbocycles. The fraction of sp³-hybridized carbons (Fsp3) is 0.269. The van der Waals surface area contributed by atoms with Gasteiger partial charge in [0, 0.05) is 19.7 Å². The Morgan fingerprint density at radius 1 is 0.919 bits per heavy atom. The molecule has 0 unspecified atom stereocenters. The molecule has 0 saturated carbocycles. The highest BCUT2D eigenvalue weighted by Gasteiger charge is 2.30. The topological polar surface area (TPSA) is 94.6 Å². The van der Waals surface area contributed by atoms with E-state index in [1.54, 1.807) is 25.2 Å². The van der Waals surface area contributed by atoms with Crippen molar-refractivity contribution in [2.75, 3.05) is 45.3 Å². The van der Waals surface area contributed by atoms with Gasteiger partial charge in [0.15, 0.2) is 23.0 Å². The number of methoxy groups -OCH3 is 2. The van der Waals surface area contributed by atoms with Gasteiger partial charge in [0.25, 0.3) is 10.0 Å². The Hall–Kier alpha value is -3.99. The third kappa shape index (κ3) is 5.72. The molecule has 0 atom stereocenters. The summed E-state index contributed by atoms with van der Waals surface area (Å²) in [6, 6.07) is 14.4. The smallest absolute Gasteiger partial charge is 0.264 e. The number of anilines is 1. The summed E-state index contributed by atoms with van der Waals surface area (Å²) in [5, 5.41) is 0. The van der Waals surface area contributed by atoms with Gasteiger partial charge >= 0.3 is 0 Å². The normalized spacial score (nSPS) is 12.5. The number of rotatable bonds is 9. The van der Waals surface area contributed by atoms with E-state index in [1.165, 1.54) is 49.5 Å². The SMILES string of the molecule is COc1ccc(CN(C)C(=O)CN(c2ccc(F)cc2)S(=O)(=O)c2ccc3c(c2)OCCO3)cc1OC. The molecular formula is C26H27FN2O7S. The quantitative estimate of drug-likeness (QED) is 0.418. The number of ether oxygens (including phenoxy) is 4. The van der Waals surface area contributed by atoms with Crippen LogP contribution in [-0.2, 0) is 21.4 Å². The van der Waals surface area contributed by atoms with Crippen molar-refractivity contribution in [2.45, 2.75) is 11.4 Å². The molecule has 1 amide bonds. The maximum absolute atomic E-state index is 13.7. The van der Waals surface area contributed by atoms with Crippen LogP contribution in [0.15, 0.2) is 65.6 Å². The summed E-state index contributed by atoms with van der Waals surface area (Å²) < 4.78 is 63.6. The van der Waals surface area contributed by atoms with Crippen molar-refractivity contribution < 1.29 is 36.6 Å². The number of hydrogen-bond donors (Lipinski definition) is 0. The van der Waals surface area contributed by atoms with E-state index in [9.17, 15) is 17.6 Å². The van der Waals surface area contributed by atoms with Gasteiger partial charge in [0.1, 0.15) is 25.6 Å². The van der Waals surface area contributed by atoms with Crippen LogP contribution >= 0.6 is 0 Å². The molecule has 0 fully saturated rings. The minimum atomic E-state index is -4.23. The van der Waals surface area contributed by atoms with Crippen molar-refractivity contribution >= 4 is 21.6 Å². The van der Waals surface area contributed by atoms with E-state index in [-0.39, 0.29) is 23.7 Å². The van der Waals surface area contributed by atoms with Gasteiger partial charge in [-0.05, 0) is 54.1 Å². The number of nitrogens with zero attached hydrogens (tertiary/aromatic N) is 2. The number of hydrogen-bond acceptors (Lipinski definition) is 7. The Morgan fingerprint density at radius 3 is 2.27 bits per heavy atom. The summed E-state index contributed by atoms with van der Waals surface area (Å²) in [5.41, 5.74) is 0.903. The minimum Gasteiger partial charge on any atom is -0.493 e. The summed E-state index contributed by atoms with van der Waals surface area (Å²) in [6.07, 6.45) is 0. The summed E-state index contributed by atoms with van der Waals surface area (Å²) in [5.74, 6) is 0.785. The molecule has 196 valence electrons. The van der Waals surface area contributed by atoms with E-state index in [0.717, 1.165) is 22.0 Å². The van der Waals surface area contributed by atoms with Gasteiger partial charge in [-0.15, -0.1) is 0 Å². The first kappa shape index (κ1) is 26.1. The highest BCUT2D eigenvalue weighted by molar-refractivity contribution is 7.92. The molecule has 4 rings (SSSR count). The lowest BCUT2D eigenvalue weighted by atomic mass is 10.2. The average molecular weight is 531 g/mol. The molecule has 0 radical (unpaired) electrons. The van der Waals surface area contributed by atoms with Crippen LogP contribution in [0, 0.1) is 5.82 Å². The summed E-state index contributed by atoms with van der Waals surface area (Å²) in [7, 11) is 0.379. The van der Waals surface area contributed by atoms with Gasteiger partial charge in [-0.2, -0.15) is 0 Å². The van der Waals surface area contributed by atoms with E-state index in [4.69, 9.17) is 18.9 Å². The van der Waals surface area contributed by atoms with Gasteiger partial charge in [-0.1, -0.05) is 6.07 Å². The molecule has 11 heteroatoms.